The molecule has 0 saturated carbocycles. The maximum atomic E-state index is 12.2. The fourth-order valence-electron chi connectivity index (χ4n) is 1.75. The fraction of sp³-hybridized carbons (Fsp3) is 0.133. The van der Waals surface area contributed by atoms with Gasteiger partial charge in [-0.05, 0) is 36.4 Å². The first-order valence-electron chi connectivity index (χ1n) is 6.03. The number of hydrogen-bond donors (Lipinski definition) is 2. The highest BCUT2D eigenvalue weighted by atomic mass is 16.5. The SMILES string of the molecule is COc1ccc(C(=O)Nc2ccc(N)cc2)c(OC)c1. The van der Waals surface area contributed by atoms with Gasteiger partial charge in [-0.15, -0.1) is 0 Å². The molecule has 1 amide bonds. The van der Waals surface area contributed by atoms with Crippen molar-refractivity contribution in [2.75, 3.05) is 25.3 Å². The number of anilines is 2. The lowest BCUT2D eigenvalue weighted by Gasteiger charge is -2.11. The Morgan fingerprint density at radius 3 is 2.35 bits per heavy atom. The monoisotopic (exact) mass is 272 g/mol. The van der Waals surface area contributed by atoms with Gasteiger partial charge in [0, 0.05) is 17.4 Å². The van der Waals surface area contributed by atoms with E-state index < -0.39 is 0 Å². The molecule has 0 aliphatic heterocycles. The van der Waals surface area contributed by atoms with Gasteiger partial charge in [-0.3, -0.25) is 4.79 Å². The van der Waals surface area contributed by atoms with Crippen molar-refractivity contribution in [3.05, 3.63) is 48.0 Å². The molecule has 2 rings (SSSR count). The molecule has 0 atom stereocenters. The van der Waals surface area contributed by atoms with Crippen LogP contribution in [-0.4, -0.2) is 20.1 Å². The molecular formula is C15H16N2O3. The molecule has 2 aromatic carbocycles. The van der Waals surface area contributed by atoms with Crippen LogP contribution in [0.1, 0.15) is 10.4 Å². The average molecular weight is 272 g/mol. The highest BCUT2D eigenvalue weighted by Crippen LogP contribution is 2.25. The topological polar surface area (TPSA) is 73.6 Å². The molecular weight excluding hydrogens is 256 g/mol. The number of nitrogens with one attached hydrogen (secondary N) is 1. The Morgan fingerprint density at radius 1 is 1.05 bits per heavy atom. The number of carbonyl (C=O) groups is 1. The minimum absolute atomic E-state index is 0.255. The number of nitrogen functional groups attached to an aromatic ring is 1. The zero-order chi connectivity index (χ0) is 14.5. The lowest BCUT2D eigenvalue weighted by atomic mass is 10.1. The molecule has 0 aliphatic rings. The summed E-state index contributed by atoms with van der Waals surface area (Å²) >= 11 is 0. The lowest BCUT2D eigenvalue weighted by Crippen LogP contribution is -2.13. The first-order valence-corrected chi connectivity index (χ1v) is 6.03. The van der Waals surface area contributed by atoms with Crippen molar-refractivity contribution in [1.82, 2.24) is 0 Å². The van der Waals surface area contributed by atoms with Gasteiger partial charge in [-0.1, -0.05) is 0 Å². The second-order valence-corrected chi connectivity index (χ2v) is 4.14. The Morgan fingerprint density at radius 2 is 1.75 bits per heavy atom. The van der Waals surface area contributed by atoms with Crippen LogP contribution in [0.2, 0.25) is 0 Å². The molecule has 0 aliphatic carbocycles. The van der Waals surface area contributed by atoms with Crippen LogP contribution in [-0.2, 0) is 0 Å². The zero-order valence-electron chi connectivity index (χ0n) is 11.3. The van der Waals surface area contributed by atoms with E-state index in [4.69, 9.17) is 15.2 Å². The quantitative estimate of drug-likeness (QED) is 0.839. The third-order valence-electron chi connectivity index (χ3n) is 2.82. The van der Waals surface area contributed by atoms with E-state index in [0.29, 0.717) is 28.4 Å². The van der Waals surface area contributed by atoms with Gasteiger partial charge in [0.05, 0.1) is 19.8 Å². The number of amides is 1. The Hall–Kier alpha value is -2.69. The van der Waals surface area contributed by atoms with E-state index in [0.717, 1.165) is 0 Å². The fourth-order valence-corrected chi connectivity index (χ4v) is 1.75. The van der Waals surface area contributed by atoms with Gasteiger partial charge in [0.2, 0.25) is 0 Å². The molecule has 0 radical (unpaired) electrons. The molecule has 0 heterocycles. The smallest absolute Gasteiger partial charge is 0.259 e. The third-order valence-corrected chi connectivity index (χ3v) is 2.82. The number of carbonyl (C=O) groups excluding carboxylic acids is 1. The van der Waals surface area contributed by atoms with E-state index in [1.165, 1.54) is 7.11 Å². The van der Waals surface area contributed by atoms with Crippen LogP contribution in [0.4, 0.5) is 11.4 Å². The Balaban J connectivity index is 2.22. The molecule has 3 N–H and O–H groups in total. The summed E-state index contributed by atoms with van der Waals surface area (Å²) in [5, 5.41) is 2.78. The van der Waals surface area contributed by atoms with Crippen molar-refractivity contribution in [1.29, 1.82) is 0 Å². The second kappa shape index (κ2) is 5.97. The van der Waals surface area contributed by atoms with Crippen molar-refractivity contribution in [2.24, 2.45) is 0 Å². The first-order chi connectivity index (χ1) is 9.63. The average Bonchev–Trinajstić information content (AvgIpc) is 2.48. The molecule has 0 aromatic heterocycles. The molecule has 0 fully saturated rings. The van der Waals surface area contributed by atoms with Gasteiger partial charge in [0.1, 0.15) is 11.5 Å². The van der Waals surface area contributed by atoms with Gasteiger partial charge in [0.25, 0.3) is 5.91 Å². The summed E-state index contributed by atoms with van der Waals surface area (Å²) in [6, 6.07) is 12.0. The summed E-state index contributed by atoms with van der Waals surface area (Å²) in [6.45, 7) is 0. The molecule has 20 heavy (non-hydrogen) atoms. The summed E-state index contributed by atoms with van der Waals surface area (Å²) in [7, 11) is 3.07. The van der Waals surface area contributed by atoms with Crippen LogP contribution in [0.15, 0.2) is 42.5 Å². The van der Waals surface area contributed by atoms with Gasteiger partial charge < -0.3 is 20.5 Å². The van der Waals surface area contributed by atoms with Crippen molar-refractivity contribution in [3.63, 3.8) is 0 Å². The van der Waals surface area contributed by atoms with Gasteiger partial charge in [-0.2, -0.15) is 0 Å². The van der Waals surface area contributed by atoms with Crippen molar-refractivity contribution in [3.8, 4) is 11.5 Å². The summed E-state index contributed by atoms with van der Waals surface area (Å²) in [6.07, 6.45) is 0. The third kappa shape index (κ3) is 3.00. The zero-order valence-corrected chi connectivity index (χ0v) is 11.3. The number of ether oxygens (including phenoxy) is 2. The highest BCUT2D eigenvalue weighted by Gasteiger charge is 2.13. The number of rotatable bonds is 4. The Labute approximate surface area is 117 Å². The first kappa shape index (κ1) is 13.7. The maximum Gasteiger partial charge on any atom is 0.259 e. The minimum Gasteiger partial charge on any atom is -0.497 e. The van der Waals surface area contributed by atoms with Gasteiger partial charge in [0.15, 0.2) is 0 Å². The molecule has 2 aromatic rings. The van der Waals surface area contributed by atoms with Crippen LogP contribution in [0.3, 0.4) is 0 Å². The molecule has 5 nitrogen and oxygen atoms in total. The van der Waals surface area contributed by atoms with E-state index in [1.54, 1.807) is 49.6 Å². The number of hydrogen-bond acceptors (Lipinski definition) is 4. The van der Waals surface area contributed by atoms with E-state index in [2.05, 4.69) is 5.32 Å². The van der Waals surface area contributed by atoms with Crippen LogP contribution >= 0.6 is 0 Å². The molecule has 0 spiro atoms. The molecule has 0 bridgehead atoms. The normalized spacial score (nSPS) is 9.90. The van der Waals surface area contributed by atoms with Crippen LogP contribution < -0.4 is 20.5 Å². The Bertz CT molecular complexity index is 609. The van der Waals surface area contributed by atoms with Crippen molar-refractivity contribution >= 4 is 17.3 Å². The lowest BCUT2D eigenvalue weighted by molar-refractivity contribution is 0.102. The van der Waals surface area contributed by atoms with Crippen LogP contribution in [0.5, 0.6) is 11.5 Å². The van der Waals surface area contributed by atoms with E-state index in [9.17, 15) is 4.79 Å². The standard InChI is InChI=1S/C15H16N2O3/c1-19-12-7-8-13(14(9-12)20-2)15(18)17-11-5-3-10(16)4-6-11/h3-9H,16H2,1-2H3,(H,17,18). The maximum absolute atomic E-state index is 12.2. The summed E-state index contributed by atoms with van der Waals surface area (Å²) in [5.41, 5.74) is 7.35. The molecule has 0 saturated heterocycles. The second-order valence-electron chi connectivity index (χ2n) is 4.14. The van der Waals surface area contributed by atoms with Gasteiger partial charge >= 0.3 is 0 Å². The molecule has 104 valence electrons. The van der Waals surface area contributed by atoms with E-state index in [-0.39, 0.29) is 5.91 Å². The van der Waals surface area contributed by atoms with E-state index in [1.807, 2.05) is 0 Å². The van der Waals surface area contributed by atoms with Crippen molar-refractivity contribution in [2.45, 2.75) is 0 Å². The number of nitrogens with two attached hydrogens (primary N) is 1. The Kier molecular flexibility index (Phi) is 4.10. The summed E-state index contributed by atoms with van der Waals surface area (Å²) in [5.74, 6) is 0.831. The predicted molar refractivity (Wildman–Crippen MR) is 78.4 cm³/mol. The van der Waals surface area contributed by atoms with Gasteiger partial charge in [-0.25, -0.2) is 0 Å². The van der Waals surface area contributed by atoms with Crippen LogP contribution in [0.25, 0.3) is 0 Å². The highest BCUT2D eigenvalue weighted by molar-refractivity contribution is 6.06. The number of methoxy groups -OCH3 is 2. The minimum atomic E-state index is -0.255. The largest absolute Gasteiger partial charge is 0.497 e. The van der Waals surface area contributed by atoms with E-state index >= 15 is 0 Å². The molecule has 5 heteroatoms. The predicted octanol–water partition coefficient (Wildman–Crippen LogP) is 2.54. The summed E-state index contributed by atoms with van der Waals surface area (Å²) in [4.78, 5) is 12.2. The van der Waals surface area contributed by atoms with Crippen molar-refractivity contribution < 1.29 is 14.3 Å². The molecule has 0 unspecified atom stereocenters. The van der Waals surface area contributed by atoms with Crippen LogP contribution in [0, 0.1) is 0 Å². The summed E-state index contributed by atoms with van der Waals surface area (Å²) < 4.78 is 10.3. The number of benzene rings is 2.